The van der Waals surface area contributed by atoms with Crippen LogP contribution >= 0.6 is 12.4 Å². The van der Waals surface area contributed by atoms with Crippen molar-refractivity contribution < 1.29 is 9.90 Å². The van der Waals surface area contributed by atoms with Crippen LogP contribution in [0.1, 0.15) is 37.0 Å². The van der Waals surface area contributed by atoms with Crippen molar-refractivity contribution in [1.82, 2.24) is 10.2 Å². The molecule has 5 heteroatoms. The zero-order chi connectivity index (χ0) is 15.2. The van der Waals surface area contributed by atoms with Crippen molar-refractivity contribution in [3.63, 3.8) is 0 Å². The predicted molar refractivity (Wildman–Crippen MR) is 91.2 cm³/mol. The summed E-state index contributed by atoms with van der Waals surface area (Å²) in [5.41, 5.74) is 2.04. The van der Waals surface area contributed by atoms with Crippen LogP contribution in [0.3, 0.4) is 0 Å². The van der Waals surface area contributed by atoms with E-state index in [1.165, 1.54) is 5.56 Å². The fourth-order valence-electron chi connectivity index (χ4n) is 2.80. The zero-order valence-corrected chi connectivity index (χ0v) is 14.2. The van der Waals surface area contributed by atoms with Gasteiger partial charge in [-0.1, -0.05) is 29.8 Å². The maximum absolute atomic E-state index is 12.5. The third-order valence-electron chi connectivity index (χ3n) is 4.24. The number of nitrogens with one attached hydrogen (secondary N) is 1. The van der Waals surface area contributed by atoms with Gasteiger partial charge in [0.1, 0.15) is 0 Å². The third kappa shape index (κ3) is 4.97. The number of carbonyl (C=O) groups is 1. The van der Waals surface area contributed by atoms with Crippen molar-refractivity contribution in [2.24, 2.45) is 5.92 Å². The number of aryl methyl sites for hydroxylation is 1. The first-order valence-corrected chi connectivity index (χ1v) is 7.86. The molecule has 1 unspecified atom stereocenters. The lowest BCUT2D eigenvalue weighted by atomic mass is 9.96. The number of nitrogens with zero attached hydrogens (tertiary/aromatic N) is 1. The number of amides is 1. The first-order chi connectivity index (χ1) is 10.1. The van der Waals surface area contributed by atoms with Gasteiger partial charge >= 0.3 is 0 Å². The van der Waals surface area contributed by atoms with Crippen molar-refractivity contribution in [3.05, 3.63) is 35.4 Å². The van der Waals surface area contributed by atoms with Gasteiger partial charge in [-0.2, -0.15) is 0 Å². The van der Waals surface area contributed by atoms with Gasteiger partial charge in [-0.05, 0) is 45.3 Å². The highest BCUT2D eigenvalue weighted by molar-refractivity contribution is 5.85. The Labute approximate surface area is 139 Å². The molecule has 1 aromatic carbocycles. The lowest BCUT2D eigenvalue weighted by molar-refractivity contribution is -0.137. The van der Waals surface area contributed by atoms with E-state index in [-0.39, 0.29) is 24.2 Å². The van der Waals surface area contributed by atoms with E-state index in [1.54, 1.807) is 4.90 Å². The summed E-state index contributed by atoms with van der Waals surface area (Å²) in [7, 11) is 0. The number of rotatable bonds is 5. The van der Waals surface area contributed by atoms with Crippen LogP contribution in [-0.2, 0) is 4.79 Å². The Morgan fingerprint density at radius 1 is 1.32 bits per heavy atom. The fraction of sp³-hybridized carbons (Fsp3) is 0.588. The van der Waals surface area contributed by atoms with Gasteiger partial charge in [0, 0.05) is 12.5 Å². The van der Waals surface area contributed by atoms with Crippen LogP contribution in [0.5, 0.6) is 0 Å². The molecule has 1 atom stereocenters. The molecule has 1 fully saturated rings. The summed E-state index contributed by atoms with van der Waals surface area (Å²) in [5.74, 6) is 0.293. The lowest BCUT2D eigenvalue weighted by Crippen LogP contribution is -2.42. The quantitative estimate of drug-likeness (QED) is 0.873. The average molecular weight is 327 g/mol. The third-order valence-corrected chi connectivity index (χ3v) is 4.24. The maximum Gasteiger partial charge on any atom is 0.225 e. The van der Waals surface area contributed by atoms with Crippen LogP contribution in [-0.4, -0.2) is 42.1 Å². The number of hydrogen-bond donors (Lipinski definition) is 2. The number of aliphatic hydroxyl groups is 1. The van der Waals surface area contributed by atoms with E-state index in [0.29, 0.717) is 13.1 Å². The number of piperidine rings is 1. The number of hydrogen-bond acceptors (Lipinski definition) is 3. The molecule has 22 heavy (non-hydrogen) atoms. The van der Waals surface area contributed by atoms with Gasteiger partial charge in [0.2, 0.25) is 5.91 Å². The molecule has 0 aromatic heterocycles. The molecular formula is C17H27ClN2O2. The summed E-state index contributed by atoms with van der Waals surface area (Å²) in [5, 5.41) is 13.6. The molecule has 1 amide bonds. The molecule has 0 saturated carbocycles. The highest BCUT2D eigenvalue weighted by Gasteiger charge is 2.26. The second-order valence-electron chi connectivity index (χ2n) is 5.83. The van der Waals surface area contributed by atoms with Crippen molar-refractivity contribution in [3.8, 4) is 0 Å². The number of aliphatic hydroxyl groups excluding tert-OH is 1. The van der Waals surface area contributed by atoms with E-state index in [0.717, 1.165) is 31.5 Å². The number of halogens is 1. The minimum absolute atomic E-state index is 0. The standard InChI is InChI=1S/C17H26N2O2.ClH/c1-3-19(17(21)15-8-10-18-11-9-15)12-16(20)14-6-4-13(2)5-7-14;/h4-7,15-16,18,20H,3,8-12H2,1-2H3;1H. The molecule has 0 aliphatic carbocycles. The molecule has 0 radical (unpaired) electrons. The van der Waals surface area contributed by atoms with E-state index < -0.39 is 6.10 Å². The van der Waals surface area contributed by atoms with Crippen LogP contribution in [0.4, 0.5) is 0 Å². The van der Waals surface area contributed by atoms with Gasteiger partial charge < -0.3 is 15.3 Å². The summed E-state index contributed by atoms with van der Waals surface area (Å²) < 4.78 is 0. The molecule has 0 bridgehead atoms. The number of carbonyl (C=O) groups excluding carboxylic acids is 1. The largest absolute Gasteiger partial charge is 0.387 e. The Hall–Kier alpha value is -1.10. The normalized spacial score (nSPS) is 16.7. The highest BCUT2D eigenvalue weighted by Crippen LogP contribution is 2.19. The van der Waals surface area contributed by atoms with Crippen LogP contribution in [0.15, 0.2) is 24.3 Å². The van der Waals surface area contributed by atoms with Gasteiger partial charge in [-0.15, -0.1) is 12.4 Å². The summed E-state index contributed by atoms with van der Waals surface area (Å²) in [6.07, 6.45) is 1.18. The van der Waals surface area contributed by atoms with E-state index in [1.807, 2.05) is 38.1 Å². The summed E-state index contributed by atoms with van der Waals surface area (Å²) in [6, 6.07) is 7.85. The molecule has 1 saturated heterocycles. The Morgan fingerprint density at radius 3 is 2.45 bits per heavy atom. The van der Waals surface area contributed by atoms with Crippen molar-refractivity contribution in [2.45, 2.75) is 32.8 Å². The van der Waals surface area contributed by atoms with Gasteiger partial charge in [0.15, 0.2) is 0 Å². The van der Waals surface area contributed by atoms with Gasteiger partial charge in [0.25, 0.3) is 0 Å². The minimum Gasteiger partial charge on any atom is -0.387 e. The molecule has 4 nitrogen and oxygen atoms in total. The molecule has 1 aromatic rings. The smallest absolute Gasteiger partial charge is 0.225 e. The van der Waals surface area contributed by atoms with Gasteiger partial charge in [0.05, 0.1) is 12.6 Å². The molecule has 1 heterocycles. The Balaban J connectivity index is 0.00000242. The summed E-state index contributed by atoms with van der Waals surface area (Å²) in [6.45, 7) is 6.84. The highest BCUT2D eigenvalue weighted by atomic mass is 35.5. The Bertz CT molecular complexity index is 458. The Kier molecular flexibility index (Phi) is 7.87. The maximum atomic E-state index is 12.5. The van der Waals surface area contributed by atoms with E-state index in [4.69, 9.17) is 0 Å². The molecular weight excluding hydrogens is 300 g/mol. The molecule has 2 N–H and O–H groups in total. The molecule has 124 valence electrons. The summed E-state index contributed by atoms with van der Waals surface area (Å²) in [4.78, 5) is 14.3. The zero-order valence-electron chi connectivity index (χ0n) is 13.4. The van der Waals surface area contributed by atoms with Crippen LogP contribution in [0.25, 0.3) is 0 Å². The van der Waals surface area contributed by atoms with Crippen LogP contribution in [0, 0.1) is 12.8 Å². The van der Waals surface area contributed by atoms with Crippen LogP contribution in [0.2, 0.25) is 0 Å². The second kappa shape index (κ2) is 9.13. The van der Waals surface area contributed by atoms with E-state index in [9.17, 15) is 9.90 Å². The fourth-order valence-corrected chi connectivity index (χ4v) is 2.80. The topological polar surface area (TPSA) is 52.6 Å². The molecule has 2 rings (SSSR count). The summed E-state index contributed by atoms with van der Waals surface area (Å²) >= 11 is 0. The first kappa shape index (κ1) is 18.9. The second-order valence-corrected chi connectivity index (χ2v) is 5.83. The van der Waals surface area contributed by atoms with Crippen molar-refractivity contribution in [1.29, 1.82) is 0 Å². The average Bonchev–Trinajstić information content (AvgIpc) is 2.53. The minimum atomic E-state index is -0.615. The lowest BCUT2D eigenvalue weighted by Gasteiger charge is -2.30. The Morgan fingerprint density at radius 2 is 1.91 bits per heavy atom. The predicted octanol–water partition coefficient (Wildman–Crippen LogP) is 2.30. The van der Waals surface area contributed by atoms with Crippen LogP contribution < -0.4 is 5.32 Å². The monoisotopic (exact) mass is 326 g/mol. The molecule has 1 aliphatic heterocycles. The molecule has 1 aliphatic rings. The SMILES string of the molecule is CCN(CC(O)c1ccc(C)cc1)C(=O)C1CCNCC1.Cl. The van der Waals surface area contributed by atoms with E-state index >= 15 is 0 Å². The first-order valence-electron chi connectivity index (χ1n) is 7.86. The molecule has 0 spiro atoms. The number of likely N-dealkylation sites (N-methyl/N-ethyl adjacent to an activating group) is 1. The van der Waals surface area contributed by atoms with Gasteiger partial charge in [-0.3, -0.25) is 4.79 Å². The number of benzene rings is 1. The van der Waals surface area contributed by atoms with Crippen molar-refractivity contribution >= 4 is 18.3 Å². The van der Waals surface area contributed by atoms with E-state index in [2.05, 4.69) is 5.32 Å². The van der Waals surface area contributed by atoms with Crippen molar-refractivity contribution in [2.75, 3.05) is 26.2 Å². The van der Waals surface area contributed by atoms with Gasteiger partial charge in [-0.25, -0.2) is 0 Å².